The summed E-state index contributed by atoms with van der Waals surface area (Å²) in [6.07, 6.45) is 0. The Morgan fingerprint density at radius 3 is 1.47 bits per heavy atom. The summed E-state index contributed by atoms with van der Waals surface area (Å²) in [4.78, 5) is 10.3. The molecule has 1 rings (SSSR count). The van der Waals surface area contributed by atoms with Crippen LogP contribution in [0.5, 0.6) is 5.75 Å². The standard InChI is InChI=1S/C7H6O3.2C4H9.Zn/c8-6-4-2-1-3-5(6)7(9)10;2*1-4(2)3;/h1-4,8H,(H,9,10);2*1-3H3;/q;2*-1;+2. The number of phenols is 1. The molecule has 0 unspecified atom stereocenters. The van der Waals surface area contributed by atoms with Crippen LogP contribution in [0.4, 0.5) is 0 Å². The van der Waals surface area contributed by atoms with Gasteiger partial charge >= 0.3 is 25.4 Å². The molecule has 0 amide bonds. The zero-order chi connectivity index (χ0) is 14.7. The Hall–Kier alpha value is -0.887. The van der Waals surface area contributed by atoms with Gasteiger partial charge in [0.15, 0.2) is 0 Å². The van der Waals surface area contributed by atoms with Crippen molar-refractivity contribution in [3.63, 3.8) is 0 Å². The maximum Gasteiger partial charge on any atom is 2.00 e. The molecule has 0 atom stereocenters. The summed E-state index contributed by atoms with van der Waals surface area (Å²) in [7, 11) is 0. The van der Waals surface area contributed by atoms with E-state index in [0.29, 0.717) is 0 Å². The van der Waals surface area contributed by atoms with E-state index in [1.807, 2.05) is 0 Å². The molecule has 0 saturated heterocycles. The topological polar surface area (TPSA) is 57.5 Å². The van der Waals surface area contributed by atoms with Crippen LogP contribution in [0.25, 0.3) is 0 Å². The molecule has 19 heavy (non-hydrogen) atoms. The number of rotatable bonds is 1. The quantitative estimate of drug-likeness (QED) is 0.598. The van der Waals surface area contributed by atoms with Crippen LogP contribution in [-0.2, 0) is 19.5 Å². The number of hydrogen-bond donors (Lipinski definition) is 2. The van der Waals surface area contributed by atoms with E-state index in [-0.39, 0.29) is 30.8 Å². The van der Waals surface area contributed by atoms with Gasteiger partial charge in [0, 0.05) is 0 Å². The Bertz CT molecular complexity index is 324. The largest absolute Gasteiger partial charge is 2.00 e. The zero-order valence-electron chi connectivity index (χ0n) is 12.8. The van der Waals surface area contributed by atoms with Crippen LogP contribution in [0.15, 0.2) is 24.3 Å². The molecule has 0 heterocycles. The Labute approximate surface area is 129 Å². The number of aromatic carboxylic acids is 1. The monoisotopic (exact) mass is 316 g/mol. The second kappa shape index (κ2) is 13.5. The molecular weight excluding hydrogens is 294 g/mol. The van der Waals surface area contributed by atoms with Crippen molar-refractivity contribution >= 4 is 5.97 Å². The van der Waals surface area contributed by atoms with Gasteiger partial charge < -0.3 is 22.0 Å². The van der Waals surface area contributed by atoms with Gasteiger partial charge in [0.05, 0.1) is 0 Å². The number of para-hydroxylation sites is 1. The average molecular weight is 318 g/mol. The minimum absolute atomic E-state index is 0. The molecule has 3 nitrogen and oxygen atoms in total. The van der Waals surface area contributed by atoms with E-state index in [2.05, 4.69) is 41.5 Å². The smallest absolute Gasteiger partial charge is 0.507 e. The van der Waals surface area contributed by atoms with Crippen LogP contribution in [-0.4, -0.2) is 16.2 Å². The van der Waals surface area contributed by atoms with E-state index < -0.39 is 5.97 Å². The minimum Gasteiger partial charge on any atom is -0.507 e. The first-order valence-electron chi connectivity index (χ1n) is 5.73. The number of aromatic hydroxyl groups is 1. The Kier molecular flexibility index (Phi) is 16.6. The van der Waals surface area contributed by atoms with Gasteiger partial charge in [0.1, 0.15) is 11.3 Å². The Morgan fingerprint density at radius 2 is 1.26 bits per heavy atom. The number of carboxylic acid groups (broad SMARTS) is 1. The molecule has 0 aliphatic heterocycles. The van der Waals surface area contributed by atoms with Gasteiger partial charge in [-0.25, -0.2) is 4.79 Å². The van der Waals surface area contributed by atoms with E-state index in [4.69, 9.17) is 10.2 Å². The summed E-state index contributed by atoms with van der Waals surface area (Å²) < 4.78 is 0. The summed E-state index contributed by atoms with van der Waals surface area (Å²) in [5.41, 5.74) is -0.0671. The number of carboxylic acids is 1. The van der Waals surface area contributed by atoms with Gasteiger partial charge in [-0.1, -0.05) is 12.1 Å². The van der Waals surface area contributed by atoms with Crippen molar-refractivity contribution in [1.82, 2.24) is 0 Å². The van der Waals surface area contributed by atoms with Crippen molar-refractivity contribution in [2.24, 2.45) is 0 Å². The van der Waals surface area contributed by atoms with Gasteiger partial charge in [-0.05, 0) is 12.1 Å². The van der Waals surface area contributed by atoms with E-state index in [9.17, 15) is 4.79 Å². The maximum absolute atomic E-state index is 10.3. The van der Waals surface area contributed by atoms with Crippen molar-refractivity contribution in [3.8, 4) is 5.75 Å². The summed E-state index contributed by atoms with van der Waals surface area (Å²) in [6.45, 7) is 12.5. The fourth-order valence-electron chi connectivity index (χ4n) is 0.654. The molecule has 0 aliphatic rings. The third-order valence-corrected chi connectivity index (χ3v) is 1.13. The molecule has 0 fully saturated rings. The normalized spacial score (nSPS) is 8.63. The third kappa shape index (κ3) is 19.6. The van der Waals surface area contributed by atoms with Crippen LogP contribution in [0.2, 0.25) is 0 Å². The Morgan fingerprint density at radius 1 is 0.947 bits per heavy atom. The van der Waals surface area contributed by atoms with Crippen LogP contribution < -0.4 is 0 Å². The summed E-state index contributed by atoms with van der Waals surface area (Å²) >= 11 is 0. The first-order valence-corrected chi connectivity index (χ1v) is 5.73. The molecule has 0 aliphatic carbocycles. The summed E-state index contributed by atoms with van der Waals surface area (Å²) in [5, 5.41) is 17.3. The van der Waals surface area contributed by atoms with Crippen molar-refractivity contribution in [1.29, 1.82) is 0 Å². The summed E-state index contributed by atoms with van der Waals surface area (Å²) in [5.74, 6) is 1.52. The summed E-state index contributed by atoms with van der Waals surface area (Å²) in [6, 6.07) is 5.81. The van der Waals surface area contributed by atoms with E-state index >= 15 is 0 Å². The van der Waals surface area contributed by atoms with Gasteiger partial charge in [0.2, 0.25) is 0 Å². The molecule has 0 bridgehead atoms. The predicted molar refractivity (Wildman–Crippen MR) is 75.6 cm³/mol. The zero-order valence-corrected chi connectivity index (χ0v) is 15.8. The van der Waals surface area contributed by atoms with Crippen molar-refractivity contribution in [2.75, 3.05) is 0 Å². The van der Waals surface area contributed by atoms with Crippen LogP contribution in [0.3, 0.4) is 0 Å². The molecule has 1 aromatic rings. The predicted octanol–water partition coefficient (Wildman–Crippen LogP) is 4.33. The SMILES string of the molecule is C[C-](C)C.C[C-](C)C.O=C(O)c1ccccc1O.[Zn+2]. The van der Waals surface area contributed by atoms with Gasteiger partial charge in [-0.2, -0.15) is 41.5 Å². The molecule has 2 N–H and O–H groups in total. The van der Waals surface area contributed by atoms with Crippen LogP contribution >= 0.6 is 0 Å². The fraction of sp³-hybridized carbons (Fsp3) is 0.400. The van der Waals surface area contributed by atoms with Crippen LogP contribution in [0.1, 0.15) is 51.9 Å². The Balaban J connectivity index is -0.000000242. The average Bonchev–Trinajstić information content (AvgIpc) is 2.15. The number of carbonyl (C=O) groups is 1. The molecule has 0 radical (unpaired) electrons. The van der Waals surface area contributed by atoms with Gasteiger partial charge in [0.25, 0.3) is 0 Å². The number of benzene rings is 1. The molecule has 4 heteroatoms. The van der Waals surface area contributed by atoms with Gasteiger partial charge in [-0.15, -0.1) is 0 Å². The van der Waals surface area contributed by atoms with Crippen LogP contribution in [0, 0.1) is 11.8 Å². The first-order chi connectivity index (χ1) is 8.18. The molecule has 104 valence electrons. The molecule has 0 spiro atoms. The second-order valence-electron chi connectivity index (χ2n) is 4.82. The maximum atomic E-state index is 10.3. The van der Waals surface area contributed by atoms with E-state index in [0.717, 1.165) is 0 Å². The van der Waals surface area contributed by atoms with Crippen molar-refractivity contribution in [2.45, 2.75) is 41.5 Å². The number of hydrogen-bond acceptors (Lipinski definition) is 2. The van der Waals surface area contributed by atoms with Crippen molar-refractivity contribution < 1.29 is 34.5 Å². The second-order valence-corrected chi connectivity index (χ2v) is 4.82. The molecule has 0 aromatic heterocycles. The molecule has 1 aromatic carbocycles. The van der Waals surface area contributed by atoms with E-state index in [1.165, 1.54) is 24.0 Å². The minimum atomic E-state index is -1.11. The molecule has 0 saturated carbocycles. The fourth-order valence-corrected chi connectivity index (χ4v) is 0.654. The van der Waals surface area contributed by atoms with E-state index in [1.54, 1.807) is 12.1 Å². The third-order valence-electron chi connectivity index (χ3n) is 1.13. The molecular formula is C15H24O3Zn. The first kappa shape index (κ1) is 23.2. The van der Waals surface area contributed by atoms with Gasteiger partial charge in [-0.3, -0.25) is 0 Å². The van der Waals surface area contributed by atoms with Crippen molar-refractivity contribution in [3.05, 3.63) is 41.7 Å².